The maximum atomic E-state index is 13.5. The monoisotopic (exact) mass is 502 g/mol. The largest absolute Gasteiger partial charge is 0.492 e. The highest BCUT2D eigenvalue weighted by molar-refractivity contribution is 6.19. The lowest BCUT2D eigenvalue weighted by atomic mass is 9.97. The molecule has 1 aromatic heterocycles. The number of ketones is 1. The summed E-state index contributed by atoms with van der Waals surface area (Å²) in [4.78, 5) is 29.8. The molecule has 2 heterocycles. The third-order valence-electron chi connectivity index (χ3n) is 7.00. The molecule has 0 amide bonds. The number of carbonyl (C=O) groups is 2. The molecule has 0 aliphatic carbocycles. The van der Waals surface area contributed by atoms with Crippen LogP contribution < -0.4 is 4.74 Å². The third-order valence-corrected chi connectivity index (χ3v) is 7.00. The van der Waals surface area contributed by atoms with Crippen molar-refractivity contribution in [1.82, 2.24) is 4.57 Å². The van der Waals surface area contributed by atoms with E-state index in [0.29, 0.717) is 35.6 Å². The van der Waals surface area contributed by atoms with Crippen LogP contribution in [0.1, 0.15) is 41.8 Å². The molecule has 6 rings (SSSR count). The predicted molar refractivity (Wildman–Crippen MR) is 149 cm³/mol. The Morgan fingerprint density at radius 1 is 0.895 bits per heavy atom. The highest BCUT2D eigenvalue weighted by atomic mass is 16.7. The molecule has 188 valence electrons. The molecule has 0 fully saturated rings. The highest BCUT2D eigenvalue weighted by Crippen LogP contribution is 2.41. The maximum Gasteiger partial charge on any atom is 0.331 e. The van der Waals surface area contributed by atoms with Gasteiger partial charge in [-0.15, -0.1) is 0 Å². The fourth-order valence-corrected chi connectivity index (χ4v) is 5.23. The van der Waals surface area contributed by atoms with Gasteiger partial charge in [-0.1, -0.05) is 59.8 Å². The van der Waals surface area contributed by atoms with E-state index in [0.717, 1.165) is 45.0 Å². The molecule has 0 atom stereocenters. The van der Waals surface area contributed by atoms with Gasteiger partial charge in [0.05, 0.1) is 23.2 Å². The van der Waals surface area contributed by atoms with Gasteiger partial charge in [-0.25, -0.2) is 4.79 Å². The summed E-state index contributed by atoms with van der Waals surface area (Å²) in [6.45, 7) is 4.62. The van der Waals surface area contributed by atoms with Crippen LogP contribution in [0.4, 0.5) is 0 Å². The van der Waals surface area contributed by atoms with Crippen LogP contribution in [-0.2, 0) is 16.2 Å². The molecule has 6 nitrogen and oxygen atoms in total. The van der Waals surface area contributed by atoms with Crippen molar-refractivity contribution in [1.29, 1.82) is 0 Å². The van der Waals surface area contributed by atoms with E-state index in [1.807, 2.05) is 72.8 Å². The van der Waals surface area contributed by atoms with Crippen LogP contribution in [0.25, 0.3) is 32.9 Å². The summed E-state index contributed by atoms with van der Waals surface area (Å²) < 4.78 is 8.38. The second kappa shape index (κ2) is 9.63. The number of nitrogens with zero attached hydrogens (tertiary/aromatic N) is 2. The van der Waals surface area contributed by atoms with Crippen LogP contribution in [0.15, 0.2) is 90.1 Å². The minimum Gasteiger partial charge on any atom is -0.492 e. The van der Waals surface area contributed by atoms with Crippen LogP contribution in [0, 0.1) is 0 Å². The summed E-state index contributed by atoms with van der Waals surface area (Å²) in [6, 6.07) is 27.7. The Morgan fingerprint density at radius 2 is 1.61 bits per heavy atom. The van der Waals surface area contributed by atoms with Crippen LogP contribution >= 0.6 is 0 Å². The van der Waals surface area contributed by atoms with Crippen molar-refractivity contribution >= 4 is 39.3 Å². The van der Waals surface area contributed by atoms with Crippen LogP contribution in [0.3, 0.4) is 0 Å². The zero-order chi connectivity index (χ0) is 26.2. The molecule has 0 N–H and O–H groups in total. The Kier molecular flexibility index (Phi) is 6.00. The second-order valence-corrected chi connectivity index (χ2v) is 9.30. The molecule has 0 spiro atoms. The van der Waals surface area contributed by atoms with Gasteiger partial charge in [0.1, 0.15) is 5.75 Å². The lowest BCUT2D eigenvalue weighted by molar-refractivity contribution is -0.140. The minimum atomic E-state index is -0.464. The van der Waals surface area contributed by atoms with E-state index in [-0.39, 0.29) is 5.78 Å². The highest BCUT2D eigenvalue weighted by Gasteiger charge is 2.24. The number of aromatic nitrogens is 1. The standard InChI is InChI=1S/C32H26N2O4/c1-3-34-28-15-13-24(31(36)23-11-9-22(10-12-23)21-7-5-4-6-8-21)19-26(28)30-29(34)16-14-25-27(33-38-20(2)35)17-18-37-32(25)30/h4-16,19H,3,17-18H2,1-2H3/b33-27+. The molecule has 0 bridgehead atoms. The fourth-order valence-electron chi connectivity index (χ4n) is 5.23. The van der Waals surface area contributed by atoms with E-state index in [1.165, 1.54) is 6.92 Å². The molecule has 1 aliphatic rings. The molecule has 0 saturated heterocycles. The lowest BCUT2D eigenvalue weighted by Gasteiger charge is -2.19. The minimum absolute atomic E-state index is 0.0354. The Labute approximate surface area is 220 Å². The molecule has 6 heteroatoms. The van der Waals surface area contributed by atoms with Gasteiger partial charge in [-0.05, 0) is 48.4 Å². The van der Waals surface area contributed by atoms with Gasteiger partial charge in [-0.3, -0.25) is 4.79 Å². The van der Waals surface area contributed by atoms with Crippen molar-refractivity contribution in [3.05, 3.63) is 102 Å². The van der Waals surface area contributed by atoms with Gasteiger partial charge >= 0.3 is 5.97 Å². The number of benzene rings is 4. The fraction of sp³-hybridized carbons (Fsp3) is 0.156. The number of oxime groups is 1. The van der Waals surface area contributed by atoms with E-state index in [2.05, 4.69) is 28.8 Å². The van der Waals surface area contributed by atoms with Gasteiger partial charge in [0.2, 0.25) is 0 Å². The number of hydrogen-bond acceptors (Lipinski definition) is 5. The normalized spacial score (nSPS) is 13.9. The van der Waals surface area contributed by atoms with Crippen molar-refractivity contribution in [2.24, 2.45) is 5.16 Å². The van der Waals surface area contributed by atoms with Crippen molar-refractivity contribution in [2.45, 2.75) is 26.8 Å². The molecule has 0 unspecified atom stereocenters. The van der Waals surface area contributed by atoms with Gasteiger partial charge in [0.15, 0.2) is 5.78 Å². The molecule has 1 aliphatic heterocycles. The van der Waals surface area contributed by atoms with Crippen molar-refractivity contribution < 1.29 is 19.2 Å². The average molecular weight is 503 g/mol. The van der Waals surface area contributed by atoms with Crippen LogP contribution in [0.5, 0.6) is 5.75 Å². The van der Waals surface area contributed by atoms with Crippen LogP contribution in [-0.4, -0.2) is 28.6 Å². The van der Waals surface area contributed by atoms with Gasteiger partial charge < -0.3 is 14.1 Å². The molecule has 38 heavy (non-hydrogen) atoms. The Bertz CT molecular complexity index is 1730. The predicted octanol–water partition coefficient (Wildman–Crippen LogP) is 6.76. The first kappa shape index (κ1) is 23.7. The van der Waals surface area contributed by atoms with Crippen molar-refractivity contribution in [3.63, 3.8) is 0 Å². The number of rotatable bonds is 5. The Hall–Kier alpha value is -4.71. The number of ether oxygens (including phenoxy) is 1. The topological polar surface area (TPSA) is 69.9 Å². The third kappa shape index (κ3) is 4.04. The number of carbonyl (C=O) groups excluding carboxylic acids is 2. The van der Waals surface area contributed by atoms with Gasteiger partial charge in [0.25, 0.3) is 0 Å². The lowest BCUT2D eigenvalue weighted by Crippen LogP contribution is -2.17. The summed E-state index contributed by atoms with van der Waals surface area (Å²) in [6.07, 6.45) is 0.543. The van der Waals surface area contributed by atoms with E-state index in [4.69, 9.17) is 9.57 Å². The Balaban J connectivity index is 1.45. The summed E-state index contributed by atoms with van der Waals surface area (Å²) in [5, 5.41) is 5.96. The SMILES string of the molecule is CCn1c2ccc(C(=O)c3ccc(-c4ccccc4)cc3)cc2c2c3c(ccc21)/C(=N/OC(C)=O)CCO3. The molecule has 4 aromatic carbocycles. The molecular formula is C32H26N2O4. The molecule has 0 radical (unpaired) electrons. The zero-order valence-corrected chi connectivity index (χ0v) is 21.2. The summed E-state index contributed by atoms with van der Waals surface area (Å²) in [7, 11) is 0. The van der Waals surface area contributed by atoms with Gasteiger partial charge in [-0.2, -0.15) is 0 Å². The number of hydrogen-bond donors (Lipinski definition) is 0. The van der Waals surface area contributed by atoms with Crippen molar-refractivity contribution in [2.75, 3.05) is 6.61 Å². The first-order valence-electron chi connectivity index (χ1n) is 12.7. The second-order valence-electron chi connectivity index (χ2n) is 9.30. The molecule has 5 aromatic rings. The van der Waals surface area contributed by atoms with E-state index >= 15 is 0 Å². The van der Waals surface area contributed by atoms with Crippen LogP contribution in [0.2, 0.25) is 0 Å². The summed E-state index contributed by atoms with van der Waals surface area (Å²) >= 11 is 0. The van der Waals surface area contributed by atoms with E-state index in [9.17, 15) is 9.59 Å². The van der Waals surface area contributed by atoms with E-state index in [1.54, 1.807) is 0 Å². The number of aryl methyl sites for hydroxylation is 1. The summed E-state index contributed by atoms with van der Waals surface area (Å²) in [5.41, 5.74) is 6.95. The molecular weight excluding hydrogens is 476 g/mol. The summed E-state index contributed by atoms with van der Waals surface area (Å²) in [5.74, 6) is 0.203. The average Bonchev–Trinajstić information content (AvgIpc) is 3.29. The first-order valence-corrected chi connectivity index (χ1v) is 12.7. The maximum absolute atomic E-state index is 13.5. The van der Waals surface area contributed by atoms with Crippen molar-refractivity contribution in [3.8, 4) is 16.9 Å². The van der Waals surface area contributed by atoms with Gasteiger partial charge in [0, 0.05) is 47.5 Å². The smallest absolute Gasteiger partial charge is 0.331 e. The van der Waals surface area contributed by atoms with E-state index < -0.39 is 5.97 Å². The zero-order valence-electron chi connectivity index (χ0n) is 21.2. The molecule has 0 saturated carbocycles. The number of fused-ring (bicyclic) bond motifs is 5. The quantitative estimate of drug-likeness (QED) is 0.151. The first-order chi connectivity index (χ1) is 18.5. The Morgan fingerprint density at radius 3 is 2.34 bits per heavy atom.